The van der Waals surface area contributed by atoms with Gasteiger partial charge < -0.3 is 19.9 Å². The lowest BCUT2D eigenvalue weighted by Gasteiger charge is -2.13. The highest BCUT2D eigenvalue weighted by atomic mass is 32.2. The highest BCUT2D eigenvalue weighted by molar-refractivity contribution is 7.98. The maximum atomic E-state index is 13.6. The molecule has 2 aromatic heterocycles. The second-order valence-corrected chi connectivity index (χ2v) is 10.4. The molecule has 4 aromatic rings. The first-order valence-corrected chi connectivity index (χ1v) is 13.9. The molecule has 12 heteroatoms. The van der Waals surface area contributed by atoms with E-state index in [1.165, 1.54) is 41.7 Å². The van der Waals surface area contributed by atoms with E-state index in [1.54, 1.807) is 12.1 Å². The number of aliphatic carboxylic acids is 1. The Kier molecular flexibility index (Phi) is 8.90. The van der Waals surface area contributed by atoms with Crippen LogP contribution in [0.5, 0.6) is 5.75 Å². The van der Waals surface area contributed by atoms with E-state index in [-0.39, 0.29) is 31.2 Å². The smallest absolute Gasteiger partial charge is 0.332 e. The second kappa shape index (κ2) is 12.3. The normalized spacial score (nSPS) is 11.1. The molecule has 0 aliphatic carbocycles. The van der Waals surface area contributed by atoms with Crippen LogP contribution in [0.1, 0.15) is 18.1 Å². The summed E-state index contributed by atoms with van der Waals surface area (Å²) in [6, 6.07) is 14.7. The number of methoxy groups -OCH3 is 1. The minimum Gasteiger partial charge on any atom is -0.480 e. The fourth-order valence-corrected chi connectivity index (χ4v) is 6.10. The van der Waals surface area contributed by atoms with E-state index < -0.39 is 23.8 Å². The van der Waals surface area contributed by atoms with Crippen molar-refractivity contribution in [3.63, 3.8) is 0 Å². The molecule has 1 amide bonds. The largest absolute Gasteiger partial charge is 0.480 e. The van der Waals surface area contributed by atoms with Crippen molar-refractivity contribution >= 4 is 45.2 Å². The van der Waals surface area contributed by atoms with Gasteiger partial charge >= 0.3 is 11.7 Å². The summed E-state index contributed by atoms with van der Waals surface area (Å²) in [4.78, 5) is 52.7. The van der Waals surface area contributed by atoms with Gasteiger partial charge in [0.15, 0.2) is 6.79 Å². The number of thioether (sulfide) groups is 1. The number of thiophene rings is 1. The fourth-order valence-electron chi connectivity index (χ4n) is 4.18. The summed E-state index contributed by atoms with van der Waals surface area (Å²) in [6.45, 7) is 0.829. The molecule has 0 saturated carbocycles. The Balaban J connectivity index is 2.00. The van der Waals surface area contributed by atoms with Crippen molar-refractivity contribution in [2.75, 3.05) is 20.2 Å². The average molecular weight is 570 g/mol. The van der Waals surface area contributed by atoms with Gasteiger partial charge in [-0.05, 0) is 47.7 Å². The van der Waals surface area contributed by atoms with E-state index in [1.807, 2.05) is 42.7 Å². The van der Waals surface area contributed by atoms with Crippen molar-refractivity contribution in [2.24, 2.45) is 0 Å². The summed E-state index contributed by atoms with van der Waals surface area (Å²) < 4.78 is 12.6. The minimum atomic E-state index is -1.31. The Bertz CT molecular complexity index is 1640. The number of rotatable bonds is 11. The van der Waals surface area contributed by atoms with E-state index >= 15 is 0 Å². The molecule has 0 aliphatic rings. The van der Waals surface area contributed by atoms with Crippen molar-refractivity contribution < 1.29 is 24.2 Å². The third-order valence-corrected chi connectivity index (χ3v) is 8.09. The van der Waals surface area contributed by atoms with Crippen LogP contribution in [-0.2, 0) is 34.0 Å². The van der Waals surface area contributed by atoms with Crippen molar-refractivity contribution in [3.8, 4) is 16.2 Å². The molecule has 39 heavy (non-hydrogen) atoms. The van der Waals surface area contributed by atoms with Crippen LogP contribution in [0, 0.1) is 0 Å². The molecule has 0 bridgehead atoms. The van der Waals surface area contributed by atoms with Gasteiger partial charge in [0.25, 0.3) is 5.56 Å². The third kappa shape index (κ3) is 6.08. The quantitative estimate of drug-likeness (QED) is 0.208. The second-order valence-electron chi connectivity index (χ2n) is 8.54. The van der Waals surface area contributed by atoms with Crippen LogP contribution in [0.25, 0.3) is 20.7 Å². The van der Waals surface area contributed by atoms with Gasteiger partial charge in [0.05, 0.1) is 11.9 Å². The highest BCUT2D eigenvalue weighted by Crippen LogP contribution is 2.38. The Morgan fingerprint density at radius 3 is 2.44 bits per heavy atom. The number of nitrogens with one attached hydrogen (secondary N) is 1. The van der Waals surface area contributed by atoms with Gasteiger partial charge in [-0.3, -0.25) is 19.0 Å². The summed E-state index contributed by atoms with van der Waals surface area (Å²) in [5.74, 6) is -1.02. The fraction of sp³-hybridized carbons (Fsp3) is 0.259. The van der Waals surface area contributed by atoms with Gasteiger partial charge in [-0.1, -0.05) is 18.2 Å². The number of aromatic nitrogens is 2. The molecule has 4 rings (SSSR count). The monoisotopic (exact) mass is 569 g/mol. The van der Waals surface area contributed by atoms with Gasteiger partial charge in [0.1, 0.15) is 17.1 Å². The lowest BCUT2D eigenvalue weighted by atomic mass is 10.1. The number of amides is 1. The first-order chi connectivity index (χ1) is 18.7. The number of benzene rings is 2. The highest BCUT2D eigenvalue weighted by Gasteiger charge is 2.24. The molecule has 2 aromatic carbocycles. The molecule has 0 unspecified atom stereocenters. The summed E-state index contributed by atoms with van der Waals surface area (Å²) in [5.41, 5.74) is 0.676. The van der Waals surface area contributed by atoms with Gasteiger partial charge in [0.2, 0.25) is 5.91 Å². The number of carbonyl (C=O) groups excluding carboxylic acids is 1. The van der Waals surface area contributed by atoms with Crippen molar-refractivity contribution in [2.45, 2.75) is 31.5 Å². The molecular formula is C27H27N3O7S2. The van der Waals surface area contributed by atoms with Gasteiger partial charge in [0, 0.05) is 35.9 Å². The number of hydrogen-bond acceptors (Lipinski definition) is 8. The van der Waals surface area contributed by atoms with Crippen LogP contribution in [0.2, 0.25) is 0 Å². The number of hydrogen-bond donors (Lipinski definition) is 2. The Labute approximate surface area is 231 Å². The molecule has 0 fully saturated rings. The van der Waals surface area contributed by atoms with Crippen LogP contribution >= 0.6 is 23.1 Å². The van der Waals surface area contributed by atoms with E-state index in [9.17, 15) is 24.3 Å². The number of nitrogens with zero attached hydrogens (tertiary/aromatic N) is 2. The Morgan fingerprint density at radius 2 is 1.79 bits per heavy atom. The molecule has 2 heterocycles. The topological polar surface area (TPSA) is 129 Å². The van der Waals surface area contributed by atoms with Crippen LogP contribution < -0.4 is 21.3 Å². The molecule has 0 aliphatic heterocycles. The summed E-state index contributed by atoms with van der Waals surface area (Å²) in [7, 11) is 1.52. The molecule has 0 atom stereocenters. The van der Waals surface area contributed by atoms with Crippen LogP contribution in [0.3, 0.4) is 0 Å². The molecule has 204 valence electrons. The van der Waals surface area contributed by atoms with Crippen LogP contribution in [0.4, 0.5) is 0 Å². The average Bonchev–Trinajstić information content (AvgIpc) is 3.31. The number of carboxylic acid groups (broad SMARTS) is 1. The number of carbonyl (C=O) groups is 2. The minimum absolute atomic E-state index is 0.0223. The molecule has 0 saturated heterocycles. The molecule has 10 nitrogen and oxygen atoms in total. The number of fused-ring (bicyclic) bond motifs is 1. The lowest BCUT2D eigenvalue weighted by Crippen LogP contribution is -2.41. The van der Waals surface area contributed by atoms with Crippen molar-refractivity contribution in [1.82, 2.24) is 14.5 Å². The van der Waals surface area contributed by atoms with E-state index in [0.29, 0.717) is 21.0 Å². The van der Waals surface area contributed by atoms with E-state index in [0.717, 1.165) is 20.6 Å². The molecule has 0 radical (unpaired) electrons. The lowest BCUT2D eigenvalue weighted by molar-refractivity contribution is -0.137. The molecule has 0 spiro atoms. The number of carboxylic acids is 1. The summed E-state index contributed by atoms with van der Waals surface area (Å²) >= 11 is 2.77. The van der Waals surface area contributed by atoms with Crippen molar-refractivity contribution in [1.29, 1.82) is 0 Å². The zero-order chi connectivity index (χ0) is 28.1. The molecule has 2 N–H and O–H groups in total. The predicted molar refractivity (Wildman–Crippen MR) is 151 cm³/mol. The zero-order valence-electron chi connectivity index (χ0n) is 21.6. The van der Waals surface area contributed by atoms with Crippen LogP contribution in [0.15, 0.2) is 63.0 Å². The first kappa shape index (κ1) is 28.1. The SMILES string of the molecule is COCOc1ccc(-c2sc3c(c2CNC(C)=O)c(=O)n(CC(=O)O)c(=O)n3Cc2ccccc2SC)cc1. The summed E-state index contributed by atoms with van der Waals surface area (Å²) in [5, 5.41) is 12.4. The Morgan fingerprint density at radius 1 is 1.08 bits per heavy atom. The van der Waals surface area contributed by atoms with Crippen LogP contribution in [-0.4, -0.2) is 46.3 Å². The van der Waals surface area contributed by atoms with E-state index in [4.69, 9.17) is 9.47 Å². The Hall–Kier alpha value is -3.87. The zero-order valence-corrected chi connectivity index (χ0v) is 23.2. The van der Waals surface area contributed by atoms with Gasteiger partial charge in [-0.2, -0.15) is 0 Å². The molecular weight excluding hydrogens is 542 g/mol. The maximum Gasteiger partial charge on any atom is 0.332 e. The van der Waals surface area contributed by atoms with Crippen molar-refractivity contribution in [3.05, 3.63) is 80.5 Å². The summed E-state index contributed by atoms with van der Waals surface area (Å²) in [6.07, 6.45) is 1.93. The van der Waals surface area contributed by atoms with Gasteiger partial charge in [-0.15, -0.1) is 23.1 Å². The standard InChI is InChI=1S/C27H27N3O7S2/c1-16(31)28-12-20-23-25(34)29(14-22(32)33)27(35)30(13-18-6-4-5-7-21(18)38-3)26(23)39-24(20)17-8-10-19(11-9-17)37-15-36-2/h4-11H,12-15H2,1-3H3,(H,28,31)(H,32,33). The van der Waals surface area contributed by atoms with E-state index in [2.05, 4.69) is 5.32 Å². The van der Waals surface area contributed by atoms with Gasteiger partial charge in [-0.25, -0.2) is 9.36 Å². The maximum absolute atomic E-state index is 13.6. The predicted octanol–water partition coefficient (Wildman–Crippen LogP) is 3.37. The third-order valence-electron chi connectivity index (χ3n) is 5.94. The first-order valence-electron chi connectivity index (χ1n) is 11.8. The number of ether oxygens (including phenoxy) is 2.